The van der Waals surface area contributed by atoms with Gasteiger partial charge in [0, 0.05) is 18.8 Å². The summed E-state index contributed by atoms with van der Waals surface area (Å²) in [6.07, 6.45) is 3.77. The normalized spacial score (nSPS) is 12.6. The lowest BCUT2D eigenvalue weighted by Crippen LogP contribution is -2.23. The molecular weight excluding hydrogens is 248 g/mol. The fourth-order valence-corrected chi connectivity index (χ4v) is 1.88. The van der Waals surface area contributed by atoms with Crippen LogP contribution in [0.2, 0.25) is 0 Å². The summed E-state index contributed by atoms with van der Waals surface area (Å²) < 4.78 is 27.8. The number of nitrogens with one attached hydrogen (secondary N) is 1. The third-order valence-corrected chi connectivity index (χ3v) is 3.00. The second-order valence-electron chi connectivity index (χ2n) is 4.63. The molecule has 2 aromatic rings. The number of benzene rings is 1. The molecule has 5 heteroatoms. The average Bonchev–Trinajstić information content (AvgIpc) is 2.78. The molecule has 0 saturated carbocycles. The molecule has 1 aromatic carbocycles. The van der Waals surface area contributed by atoms with E-state index in [0.717, 1.165) is 23.7 Å². The number of hydrogen-bond acceptors (Lipinski definition) is 2. The first-order valence-electron chi connectivity index (χ1n) is 6.23. The lowest BCUT2D eigenvalue weighted by molar-refractivity contribution is 0.490. The molecule has 0 aliphatic heterocycles. The zero-order valence-corrected chi connectivity index (χ0v) is 11.0. The molecule has 3 nitrogen and oxygen atoms in total. The van der Waals surface area contributed by atoms with Gasteiger partial charge in [-0.15, -0.1) is 0 Å². The van der Waals surface area contributed by atoms with Gasteiger partial charge >= 0.3 is 0 Å². The SMILES string of the molecule is Cc1cnn(CCN[C@H](C)c2ccc(F)c(F)c2)c1. The summed E-state index contributed by atoms with van der Waals surface area (Å²) in [6, 6.07) is 3.94. The lowest BCUT2D eigenvalue weighted by atomic mass is 10.1. The number of rotatable bonds is 5. The van der Waals surface area contributed by atoms with E-state index in [1.54, 1.807) is 12.3 Å². The quantitative estimate of drug-likeness (QED) is 0.901. The molecule has 1 atom stereocenters. The topological polar surface area (TPSA) is 29.9 Å². The Kier molecular flexibility index (Phi) is 4.27. The molecule has 2 rings (SSSR count). The Balaban J connectivity index is 1.86. The number of nitrogens with zero attached hydrogens (tertiary/aromatic N) is 2. The molecule has 0 fully saturated rings. The lowest BCUT2D eigenvalue weighted by Gasteiger charge is -2.14. The maximum absolute atomic E-state index is 13.1. The molecule has 0 radical (unpaired) electrons. The van der Waals surface area contributed by atoms with Crippen LogP contribution in [0.15, 0.2) is 30.6 Å². The summed E-state index contributed by atoms with van der Waals surface area (Å²) >= 11 is 0. The van der Waals surface area contributed by atoms with E-state index in [0.29, 0.717) is 6.54 Å². The van der Waals surface area contributed by atoms with Gasteiger partial charge in [0.05, 0.1) is 12.7 Å². The second kappa shape index (κ2) is 5.93. The van der Waals surface area contributed by atoms with Crippen LogP contribution in [-0.2, 0) is 6.54 Å². The van der Waals surface area contributed by atoms with Crippen LogP contribution in [0, 0.1) is 18.6 Å². The number of aryl methyl sites for hydroxylation is 1. The van der Waals surface area contributed by atoms with Crippen LogP contribution >= 0.6 is 0 Å². The van der Waals surface area contributed by atoms with E-state index in [1.165, 1.54) is 6.07 Å². The highest BCUT2D eigenvalue weighted by Gasteiger charge is 2.08. The van der Waals surface area contributed by atoms with Crippen molar-refractivity contribution in [2.45, 2.75) is 26.4 Å². The van der Waals surface area contributed by atoms with Crippen LogP contribution in [0.4, 0.5) is 8.78 Å². The Bertz CT molecular complexity index is 551. The van der Waals surface area contributed by atoms with Crippen molar-refractivity contribution in [3.05, 3.63) is 53.4 Å². The molecule has 0 unspecified atom stereocenters. The maximum atomic E-state index is 13.1. The van der Waals surface area contributed by atoms with Crippen molar-refractivity contribution in [1.29, 1.82) is 0 Å². The van der Waals surface area contributed by atoms with Crippen molar-refractivity contribution in [1.82, 2.24) is 15.1 Å². The van der Waals surface area contributed by atoms with Crippen molar-refractivity contribution in [3.63, 3.8) is 0 Å². The Labute approximate surface area is 111 Å². The molecule has 0 bridgehead atoms. The number of aromatic nitrogens is 2. The molecular formula is C14H17F2N3. The Hall–Kier alpha value is -1.75. The summed E-state index contributed by atoms with van der Waals surface area (Å²) in [4.78, 5) is 0. The van der Waals surface area contributed by atoms with Crippen molar-refractivity contribution >= 4 is 0 Å². The molecule has 0 aliphatic carbocycles. The zero-order valence-electron chi connectivity index (χ0n) is 11.0. The van der Waals surface area contributed by atoms with Crippen molar-refractivity contribution < 1.29 is 8.78 Å². The smallest absolute Gasteiger partial charge is 0.159 e. The van der Waals surface area contributed by atoms with E-state index >= 15 is 0 Å². The minimum absolute atomic E-state index is 0.0354. The standard InChI is InChI=1S/C14H17F2N3/c1-10-8-18-19(9-10)6-5-17-11(2)12-3-4-13(15)14(16)7-12/h3-4,7-9,11,17H,5-6H2,1-2H3/t11-/m1/s1. The Morgan fingerprint density at radius 1 is 1.32 bits per heavy atom. The fourth-order valence-electron chi connectivity index (χ4n) is 1.88. The molecule has 0 saturated heterocycles. The van der Waals surface area contributed by atoms with Crippen molar-refractivity contribution in [3.8, 4) is 0 Å². The minimum atomic E-state index is -0.817. The minimum Gasteiger partial charge on any atom is -0.308 e. The molecule has 0 spiro atoms. The highest BCUT2D eigenvalue weighted by Crippen LogP contribution is 2.15. The number of halogens is 2. The van der Waals surface area contributed by atoms with Gasteiger partial charge in [0.15, 0.2) is 11.6 Å². The summed E-state index contributed by atoms with van der Waals surface area (Å²) in [7, 11) is 0. The van der Waals surface area contributed by atoms with E-state index in [4.69, 9.17) is 0 Å². The molecule has 0 amide bonds. The Morgan fingerprint density at radius 2 is 2.11 bits per heavy atom. The van der Waals surface area contributed by atoms with Crippen molar-refractivity contribution in [2.24, 2.45) is 0 Å². The number of hydrogen-bond donors (Lipinski definition) is 1. The van der Waals surface area contributed by atoms with Crippen LogP contribution < -0.4 is 5.32 Å². The van der Waals surface area contributed by atoms with Gasteiger partial charge < -0.3 is 5.32 Å². The van der Waals surface area contributed by atoms with E-state index in [-0.39, 0.29) is 6.04 Å². The second-order valence-corrected chi connectivity index (χ2v) is 4.63. The molecule has 1 heterocycles. The van der Waals surface area contributed by atoms with Gasteiger partial charge in [-0.25, -0.2) is 8.78 Å². The van der Waals surface area contributed by atoms with E-state index in [1.807, 2.05) is 24.7 Å². The van der Waals surface area contributed by atoms with Gasteiger partial charge in [-0.2, -0.15) is 5.10 Å². The summed E-state index contributed by atoms with van der Waals surface area (Å²) in [5.41, 5.74) is 1.85. The maximum Gasteiger partial charge on any atom is 0.159 e. The van der Waals surface area contributed by atoms with Gasteiger partial charge in [-0.1, -0.05) is 6.07 Å². The summed E-state index contributed by atoms with van der Waals surface area (Å²) in [5.74, 6) is -1.63. The molecule has 1 aromatic heterocycles. The van der Waals surface area contributed by atoms with E-state index < -0.39 is 11.6 Å². The predicted octanol–water partition coefficient (Wildman–Crippen LogP) is 2.82. The average molecular weight is 265 g/mol. The summed E-state index contributed by atoms with van der Waals surface area (Å²) in [6.45, 7) is 5.35. The van der Waals surface area contributed by atoms with Crippen LogP contribution in [0.5, 0.6) is 0 Å². The first-order chi connectivity index (χ1) is 9.06. The van der Waals surface area contributed by atoms with Gasteiger partial charge in [0.2, 0.25) is 0 Å². The molecule has 19 heavy (non-hydrogen) atoms. The fraction of sp³-hybridized carbons (Fsp3) is 0.357. The van der Waals surface area contributed by atoms with Gasteiger partial charge in [-0.3, -0.25) is 4.68 Å². The van der Waals surface area contributed by atoms with Crippen molar-refractivity contribution in [2.75, 3.05) is 6.54 Å². The predicted molar refractivity (Wildman–Crippen MR) is 69.7 cm³/mol. The molecule has 0 aliphatic rings. The van der Waals surface area contributed by atoms with Gasteiger partial charge in [-0.05, 0) is 37.1 Å². The van der Waals surface area contributed by atoms with Crippen LogP contribution in [-0.4, -0.2) is 16.3 Å². The molecule has 1 N–H and O–H groups in total. The van der Waals surface area contributed by atoms with Crippen LogP contribution in [0.1, 0.15) is 24.1 Å². The summed E-state index contributed by atoms with van der Waals surface area (Å²) in [5, 5.41) is 7.43. The van der Waals surface area contributed by atoms with E-state index in [9.17, 15) is 8.78 Å². The van der Waals surface area contributed by atoms with Crippen LogP contribution in [0.3, 0.4) is 0 Å². The van der Waals surface area contributed by atoms with Gasteiger partial charge in [0.1, 0.15) is 0 Å². The largest absolute Gasteiger partial charge is 0.308 e. The third kappa shape index (κ3) is 3.61. The monoisotopic (exact) mass is 265 g/mol. The first kappa shape index (κ1) is 13.7. The zero-order chi connectivity index (χ0) is 13.8. The first-order valence-corrected chi connectivity index (χ1v) is 6.23. The van der Waals surface area contributed by atoms with Crippen LogP contribution in [0.25, 0.3) is 0 Å². The highest BCUT2D eigenvalue weighted by atomic mass is 19.2. The van der Waals surface area contributed by atoms with Gasteiger partial charge in [0.25, 0.3) is 0 Å². The van der Waals surface area contributed by atoms with E-state index in [2.05, 4.69) is 10.4 Å². The highest BCUT2D eigenvalue weighted by molar-refractivity contribution is 5.20. The molecule has 102 valence electrons. The Morgan fingerprint density at radius 3 is 2.74 bits per heavy atom. The third-order valence-electron chi connectivity index (χ3n) is 3.00.